The Labute approximate surface area is 84.0 Å². The van der Waals surface area contributed by atoms with Gasteiger partial charge in [-0.25, -0.2) is 4.98 Å². The molecule has 0 saturated carbocycles. The zero-order valence-corrected chi connectivity index (χ0v) is 9.37. The summed E-state index contributed by atoms with van der Waals surface area (Å²) < 4.78 is 0.823. The normalized spacial score (nSPS) is 11.7. The summed E-state index contributed by atoms with van der Waals surface area (Å²) in [5, 5.41) is 14.8. The molecule has 0 spiro atoms. The topological polar surface area (TPSA) is 45.1 Å². The summed E-state index contributed by atoms with van der Waals surface area (Å²) >= 11 is 4.77. The first-order valence-electron chi connectivity index (χ1n) is 3.53. The lowest BCUT2D eigenvalue weighted by atomic mass is 10.1. The molecule has 2 N–H and O–H groups in total. The van der Waals surface area contributed by atoms with E-state index in [1.165, 1.54) is 11.3 Å². The van der Waals surface area contributed by atoms with Gasteiger partial charge in [0.05, 0.1) is 12.1 Å². The van der Waals surface area contributed by atoms with Crippen molar-refractivity contribution >= 4 is 32.4 Å². The third kappa shape index (κ3) is 2.73. The molecule has 0 unspecified atom stereocenters. The van der Waals surface area contributed by atoms with Crippen molar-refractivity contribution in [3.8, 4) is 0 Å². The number of hydrogen-bond acceptors (Lipinski definition) is 4. The van der Waals surface area contributed by atoms with Crippen molar-refractivity contribution in [2.45, 2.75) is 19.4 Å². The van der Waals surface area contributed by atoms with Crippen LogP contribution in [0, 0.1) is 0 Å². The van der Waals surface area contributed by atoms with Crippen LogP contribution in [0.1, 0.15) is 13.8 Å². The fourth-order valence-corrected chi connectivity index (χ4v) is 1.96. The molecule has 0 aromatic carbocycles. The number of anilines is 1. The van der Waals surface area contributed by atoms with Crippen LogP contribution < -0.4 is 5.32 Å². The number of rotatable bonds is 3. The summed E-state index contributed by atoms with van der Waals surface area (Å²) in [7, 11) is 0. The molecule has 1 heterocycles. The number of nitrogens with one attached hydrogen (secondary N) is 1. The van der Waals surface area contributed by atoms with E-state index in [0.29, 0.717) is 0 Å². The number of hydrogen-bond donors (Lipinski definition) is 2. The third-order valence-corrected chi connectivity index (χ3v) is 2.78. The van der Waals surface area contributed by atoms with Gasteiger partial charge in [0.1, 0.15) is 4.60 Å². The van der Waals surface area contributed by atoms with Crippen molar-refractivity contribution in [3.05, 3.63) is 9.98 Å². The molecule has 5 heteroatoms. The summed E-state index contributed by atoms with van der Waals surface area (Å²) in [6, 6.07) is 0. The lowest BCUT2D eigenvalue weighted by molar-refractivity contribution is 0.234. The SMILES string of the molecule is CC(C)(CO)Nc1nc(Br)cs1. The average Bonchev–Trinajstić information content (AvgIpc) is 2.35. The van der Waals surface area contributed by atoms with Gasteiger partial charge in [0, 0.05) is 5.38 Å². The Kier molecular flexibility index (Phi) is 3.09. The number of thiazole rings is 1. The number of aromatic nitrogens is 1. The number of halogens is 1. The van der Waals surface area contributed by atoms with E-state index in [9.17, 15) is 0 Å². The van der Waals surface area contributed by atoms with Crippen LogP contribution in [0.2, 0.25) is 0 Å². The fraction of sp³-hybridized carbons (Fsp3) is 0.571. The number of aliphatic hydroxyl groups is 1. The van der Waals surface area contributed by atoms with E-state index in [1.54, 1.807) is 0 Å². The predicted molar refractivity (Wildman–Crippen MR) is 54.6 cm³/mol. The van der Waals surface area contributed by atoms with Crippen molar-refractivity contribution in [2.75, 3.05) is 11.9 Å². The molecule has 1 aromatic heterocycles. The van der Waals surface area contributed by atoms with Gasteiger partial charge in [0.2, 0.25) is 0 Å². The molecular formula is C7H11BrN2OS. The number of aliphatic hydroxyl groups excluding tert-OH is 1. The second kappa shape index (κ2) is 3.72. The second-order valence-corrected chi connectivity index (χ2v) is 4.81. The van der Waals surface area contributed by atoms with Gasteiger partial charge >= 0.3 is 0 Å². The van der Waals surface area contributed by atoms with E-state index >= 15 is 0 Å². The summed E-state index contributed by atoms with van der Waals surface area (Å²) in [6.07, 6.45) is 0. The first kappa shape index (κ1) is 9.95. The van der Waals surface area contributed by atoms with Gasteiger partial charge in [-0.1, -0.05) is 0 Å². The van der Waals surface area contributed by atoms with Crippen LogP contribution in [0.15, 0.2) is 9.98 Å². The van der Waals surface area contributed by atoms with Gasteiger partial charge in [-0.2, -0.15) is 0 Å². The summed E-state index contributed by atoms with van der Waals surface area (Å²) in [5.41, 5.74) is -0.308. The van der Waals surface area contributed by atoms with Gasteiger partial charge in [-0.3, -0.25) is 0 Å². The second-order valence-electron chi connectivity index (χ2n) is 3.14. The van der Waals surface area contributed by atoms with E-state index in [1.807, 2.05) is 19.2 Å². The van der Waals surface area contributed by atoms with Crippen LogP contribution in [0.5, 0.6) is 0 Å². The Hall–Kier alpha value is -0.130. The molecule has 68 valence electrons. The highest BCUT2D eigenvalue weighted by atomic mass is 79.9. The molecule has 0 radical (unpaired) electrons. The maximum atomic E-state index is 8.96. The van der Waals surface area contributed by atoms with Gasteiger partial charge < -0.3 is 10.4 Å². The van der Waals surface area contributed by atoms with Gasteiger partial charge in [-0.05, 0) is 29.8 Å². The minimum absolute atomic E-state index is 0.0875. The van der Waals surface area contributed by atoms with Crippen molar-refractivity contribution in [1.29, 1.82) is 0 Å². The molecule has 1 aromatic rings. The Morgan fingerprint density at radius 2 is 2.42 bits per heavy atom. The largest absolute Gasteiger partial charge is 0.394 e. The first-order valence-corrected chi connectivity index (χ1v) is 5.21. The zero-order valence-electron chi connectivity index (χ0n) is 6.97. The first-order chi connectivity index (χ1) is 5.53. The minimum atomic E-state index is -0.308. The fourth-order valence-electron chi connectivity index (χ4n) is 0.641. The standard InChI is InChI=1S/C7H11BrN2OS/c1-7(2,4-11)10-6-9-5(8)3-12-6/h3,11H,4H2,1-2H3,(H,9,10). The maximum Gasteiger partial charge on any atom is 0.184 e. The van der Waals surface area contributed by atoms with Gasteiger partial charge in [0.25, 0.3) is 0 Å². The van der Waals surface area contributed by atoms with Crippen LogP contribution in [-0.2, 0) is 0 Å². The Bertz CT molecular complexity index is 262. The average molecular weight is 251 g/mol. The van der Waals surface area contributed by atoms with Crippen LogP contribution in [-0.4, -0.2) is 22.2 Å². The Morgan fingerprint density at radius 3 is 2.83 bits per heavy atom. The molecule has 0 bridgehead atoms. The van der Waals surface area contributed by atoms with E-state index in [2.05, 4.69) is 26.2 Å². The van der Waals surface area contributed by atoms with Crippen molar-refractivity contribution in [2.24, 2.45) is 0 Å². The van der Waals surface area contributed by atoms with Gasteiger partial charge in [0.15, 0.2) is 5.13 Å². The van der Waals surface area contributed by atoms with Gasteiger partial charge in [-0.15, -0.1) is 11.3 Å². The maximum absolute atomic E-state index is 8.96. The molecule has 0 atom stereocenters. The summed E-state index contributed by atoms with van der Waals surface area (Å²) in [4.78, 5) is 4.16. The monoisotopic (exact) mass is 250 g/mol. The number of nitrogens with zero attached hydrogens (tertiary/aromatic N) is 1. The molecule has 0 aliphatic heterocycles. The van der Waals surface area contributed by atoms with E-state index in [4.69, 9.17) is 5.11 Å². The lowest BCUT2D eigenvalue weighted by Crippen LogP contribution is -2.34. The van der Waals surface area contributed by atoms with Crippen molar-refractivity contribution < 1.29 is 5.11 Å². The molecule has 0 aliphatic carbocycles. The lowest BCUT2D eigenvalue weighted by Gasteiger charge is -2.22. The molecule has 0 fully saturated rings. The molecule has 1 rings (SSSR count). The molecule has 0 aliphatic rings. The quantitative estimate of drug-likeness (QED) is 0.864. The molecule has 0 amide bonds. The Balaban J connectivity index is 2.63. The van der Waals surface area contributed by atoms with E-state index in [0.717, 1.165) is 9.73 Å². The van der Waals surface area contributed by atoms with Crippen LogP contribution in [0.3, 0.4) is 0 Å². The van der Waals surface area contributed by atoms with Crippen molar-refractivity contribution in [3.63, 3.8) is 0 Å². The predicted octanol–water partition coefficient (Wildman–Crippen LogP) is 2.09. The third-order valence-electron chi connectivity index (χ3n) is 1.32. The highest BCUT2D eigenvalue weighted by Gasteiger charge is 2.16. The van der Waals surface area contributed by atoms with E-state index in [-0.39, 0.29) is 12.1 Å². The highest BCUT2D eigenvalue weighted by molar-refractivity contribution is 9.10. The summed E-state index contributed by atoms with van der Waals surface area (Å²) in [6.45, 7) is 3.93. The van der Waals surface area contributed by atoms with Crippen LogP contribution >= 0.6 is 27.3 Å². The summed E-state index contributed by atoms with van der Waals surface area (Å²) in [5.74, 6) is 0. The molecular weight excluding hydrogens is 240 g/mol. The molecule has 3 nitrogen and oxygen atoms in total. The smallest absolute Gasteiger partial charge is 0.184 e. The Morgan fingerprint density at radius 1 is 1.75 bits per heavy atom. The molecule has 0 saturated heterocycles. The van der Waals surface area contributed by atoms with Crippen LogP contribution in [0.4, 0.5) is 5.13 Å². The zero-order chi connectivity index (χ0) is 9.19. The highest BCUT2D eigenvalue weighted by Crippen LogP contribution is 2.22. The minimum Gasteiger partial charge on any atom is -0.394 e. The van der Waals surface area contributed by atoms with Crippen LogP contribution in [0.25, 0.3) is 0 Å². The van der Waals surface area contributed by atoms with E-state index < -0.39 is 0 Å². The molecule has 12 heavy (non-hydrogen) atoms. The van der Waals surface area contributed by atoms with Crippen molar-refractivity contribution in [1.82, 2.24) is 4.98 Å².